The quantitative estimate of drug-likeness (QED) is 0.481. The average molecular weight is 453 g/mol. The number of halogens is 3. The minimum atomic E-state index is 0.433. The van der Waals surface area contributed by atoms with Crippen molar-refractivity contribution >= 4 is 74.5 Å². The van der Waals surface area contributed by atoms with E-state index >= 15 is 0 Å². The van der Waals surface area contributed by atoms with E-state index in [1.807, 2.05) is 24.3 Å². The molecule has 7 heteroatoms. The maximum atomic E-state index is 6.14. The molecule has 2 N–H and O–H groups in total. The van der Waals surface area contributed by atoms with Crippen molar-refractivity contribution in [1.82, 2.24) is 0 Å². The van der Waals surface area contributed by atoms with Crippen LogP contribution in [-0.4, -0.2) is 12.2 Å². The summed E-state index contributed by atoms with van der Waals surface area (Å²) in [6.45, 7) is 0. The molecular weight excluding hydrogens is 442 g/mol. The Hall–Kier alpha value is -0.760. The lowest BCUT2D eigenvalue weighted by atomic mass is 10.3. The van der Waals surface area contributed by atoms with Gasteiger partial charge in [-0.25, -0.2) is 0 Å². The Kier molecular flexibility index (Phi) is 5.92. The normalized spacial score (nSPS) is 10.1. The van der Waals surface area contributed by atoms with Gasteiger partial charge in [-0.3, -0.25) is 0 Å². The molecule has 0 heterocycles. The van der Waals surface area contributed by atoms with E-state index in [0.29, 0.717) is 26.6 Å². The third-order valence-corrected chi connectivity index (χ3v) is 4.12. The number of anilines is 2. The summed E-state index contributed by atoms with van der Waals surface area (Å²) in [4.78, 5) is 0. The summed E-state index contributed by atoms with van der Waals surface area (Å²) in [6.07, 6.45) is 0. The Morgan fingerprint density at radius 1 is 1.10 bits per heavy atom. The number of hydrogen-bond acceptors (Lipinski definition) is 2. The topological polar surface area (TPSA) is 33.3 Å². The van der Waals surface area contributed by atoms with Gasteiger partial charge in [-0.05, 0) is 65.1 Å². The number of nitrogens with one attached hydrogen (secondary N) is 2. The highest BCUT2D eigenvalue weighted by atomic mass is 127. The first-order chi connectivity index (χ1) is 9.99. The van der Waals surface area contributed by atoms with Gasteiger partial charge in [0.1, 0.15) is 5.75 Å². The Labute approximate surface area is 152 Å². The summed E-state index contributed by atoms with van der Waals surface area (Å²) in [5.74, 6) is 0.528. The number of ether oxygens (including phenoxy) is 1. The van der Waals surface area contributed by atoms with Gasteiger partial charge in [0, 0.05) is 15.3 Å². The number of methoxy groups -OCH3 is 1. The predicted molar refractivity (Wildman–Crippen MR) is 102 cm³/mol. The second-order valence-electron chi connectivity index (χ2n) is 4.05. The molecule has 0 aromatic heterocycles. The summed E-state index contributed by atoms with van der Waals surface area (Å²) >= 11 is 19.6. The molecule has 0 saturated heterocycles. The van der Waals surface area contributed by atoms with Crippen molar-refractivity contribution < 1.29 is 4.74 Å². The molecular formula is C14H11Cl2IN2OS. The van der Waals surface area contributed by atoms with Crippen LogP contribution in [0.1, 0.15) is 0 Å². The lowest BCUT2D eigenvalue weighted by Crippen LogP contribution is -2.19. The lowest BCUT2D eigenvalue weighted by molar-refractivity contribution is 0.415. The lowest BCUT2D eigenvalue weighted by Gasteiger charge is -2.13. The monoisotopic (exact) mass is 452 g/mol. The van der Waals surface area contributed by atoms with Crippen molar-refractivity contribution in [2.45, 2.75) is 0 Å². The molecule has 21 heavy (non-hydrogen) atoms. The molecule has 3 nitrogen and oxygen atoms in total. The first kappa shape index (κ1) is 16.6. The third-order valence-electron chi connectivity index (χ3n) is 2.59. The second kappa shape index (κ2) is 7.49. The van der Waals surface area contributed by atoms with E-state index in [-0.39, 0.29) is 0 Å². The van der Waals surface area contributed by atoms with Crippen LogP contribution in [0.4, 0.5) is 11.4 Å². The van der Waals surface area contributed by atoms with E-state index < -0.39 is 0 Å². The van der Waals surface area contributed by atoms with Gasteiger partial charge >= 0.3 is 0 Å². The summed E-state index contributed by atoms with van der Waals surface area (Å²) in [7, 11) is 1.54. The third kappa shape index (κ3) is 4.60. The number of benzene rings is 2. The van der Waals surface area contributed by atoms with E-state index in [4.69, 9.17) is 40.2 Å². The minimum Gasteiger partial charge on any atom is -0.495 e. The van der Waals surface area contributed by atoms with Crippen molar-refractivity contribution in [3.8, 4) is 5.75 Å². The molecule has 0 bridgehead atoms. The molecule has 0 fully saturated rings. The van der Waals surface area contributed by atoms with Gasteiger partial charge in [-0.1, -0.05) is 23.2 Å². The highest BCUT2D eigenvalue weighted by molar-refractivity contribution is 14.1. The highest BCUT2D eigenvalue weighted by Gasteiger charge is 2.09. The van der Waals surface area contributed by atoms with Crippen LogP contribution in [0.3, 0.4) is 0 Å². The average Bonchev–Trinajstić information content (AvgIpc) is 2.44. The van der Waals surface area contributed by atoms with Crippen molar-refractivity contribution in [2.24, 2.45) is 0 Å². The van der Waals surface area contributed by atoms with Crippen molar-refractivity contribution in [3.05, 3.63) is 50.0 Å². The molecule has 0 amide bonds. The highest BCUT2D eigenvalue weighted by Crippen LogP contribution is 2.34. The van der Waals surface area contributed by atoms with Gasteiger partial charge in [0.2, 0.25) is 0 Å². The zero-order chi connectivity index (χ0) is 15.4. The van der Waals surface area contributed by atoms with Crippen LogP contribution in [-0.2, 0) is 0 Å². The molecule has 0 spiro atoms. The smallest absolute Gasteiger partial charge is 0.175 e. The standard InChI is InChI=1S/C14H11Cl2IN2OS/c1-20-13-7-12(10(15)6-11(13)16)19-14(21)18-9-4-2-8(17)3-5-9/h2-7H,1H3,(H2,18,19,21). The van der Waals surface area contributed by atoms with Gasteiger partial charge in [0.25, 0.3) is 0 Å². The SMILES string of the molecule is COc1cc(NC(=S)Nc2ccc(I)cc2)c(Cl)cc1Cl. The molecule has 0 aliphatic carbocycles. The van der Waals surface area contributed by atoms with Crippen molar-refractivity contribution in [1.29, 1.82) is 0 Å². The Balaban J connectivity index is 2.10. The Bertz CT molecular complexity index is 665. The second-order valence-corrected chi connectivity index (χ2v) is 6.52. The van der Waals surface area contributed by atoms with E-state index in [9.17, 15) is 0 Å². The van der Waals surface area contributed by atoms with Gasteiger partial charge in [0.05, 0.1) is 22.8 Å². The Morgan fingerprint density at radius 2 is 1.76 bits per heavy atom. The van der Waals surface area contributed by atoms with Gasteiger partial charge in [-0.2, -0.15) is 0 Å². The fourth-order valence-corrected chi connectivity index (χ4v) is 2.69. The fourth-order valence-electron chi connectivity index (χ4n) is 1.60. The summed E-state index contributed by atoms with van der Waals surface area (Å²) in [5, 5.41) is 7.45. The zero-order valence-electron chi connectivity index (χ0n) is 10.9. The van der Waals surface area contributed by atoms with Gasteiger partial charge in [0.15, 0.2) is 5.11 Å². The summed E-state index contributed by atoms with van der Waals surface area (Å²) in [6, 6.07) is 11.2. The minimum absolute atomic E-state index is 0.433. The van der Waals surface area contributed by atoms with Crippen LogP contribution >= 0.6 is 58.0 Å². The molecule has 0 radical (unpaired) electrons. The Morgan fingerprint density at radius 3 is 2.38 bits per heavy atom. The van der Waals surface area contributed by atoms with Crippen LogP contribution in [0, 0.1) is 3.57 Å². The molecule has 0 unspecified atom stereocenters. The molecule has 0 saturated carbocycles. The molecule has 2 aromatic rings. The predicted octanol–water partition coefficient (Wildman–Crippen LogP) is 5.42. The summed E-state index contributed by atoms with van der Waals surface area (Å²) < 4.78 is 6.31. The van der Waals surface area contributed by atoms with Gasteiger partial charge < -0.3 is 15.4 Å². The maximum absolute atomic E-state index is 6.14. The maximum Gasteiger partial charge on any atom is 0.175 e. The first-order valence-electron chi connectivity index (χ1n) is 5.86. The van der Waals surface area contributed by atoms with Crippen LogP contribution in [0.2, 0.25) is 10.0 Å². The first-order valence-corrected chi connectivity index (χ1v) is 8.10. The number of thiocarbonyl (C=S) groups is 1. The summed E-state index contributed by atoms with van der Waals surface area (Å²) in [5.41, 5.74) is 1.52. The van der Waals surface area contributed by atoms with Crippen molar-refractivity contribution in [2.75, 3.05) is 17.7 Å². The fraction of sp³-hybridized carbons (Fsp3) is 0.0714. The van der Waals surface area contributed by atoms with E-state index in [1.165, 1.54) is 0 Å². The van der Waals surface area contributed by atoms with E-state index in [0.717, 1.165) is 9.26 Å². The van der Waals surface area contributed by atoms with Crippen LogP contribution in [0.15, 0.2) is 36.4 Å². The molecule has 0 aliphatic rings. The molecule has 110 valence electrons. The van der Waals surface area contributed by atoms with E-state index in [2.05, 4.69) is 33.2 Å². The number of rotatable bonds is 3. The van der Waals surface area contributed by atoms with Crippen LogP contribution < -0.4 is 15.4 Å². The molecule has 2 aromatic carbocycles. The largest absolute Gasteiger partial charge is 0.495 e. The molecule has 2 rings (SSSR count). The zero-order valence-corrected chi connectivity index (χ0v) is 15.4. The van der Waals surface area contributed by atoms with Crippen molar-refractivity contribution in [3.63, 3.8) is 0 Å². The molecule has 0 atom stereocenters. The van der Waals surface area contributed by atoms with Gasteiger partial charge in [-0.15, -0.1) is 0 Å². The van der Waals surface area contributed by atoms with Crippen LogP contribution in [0.5, 0.6) is 5.75 Å². The number of hydrogen-bond donors (Lipinski definition) is 2. The molecule has 0 aliphatic heterocycles. The van der Waals surface area contributed by atoms with E-state index in [1.54, 1.807) is 19.2 Å². The van der Waals surface area contributed by atoms with Crippen LogP contribution in [0.25, 0.3) is 0 Å².